The molecule has 4 rings (SSSR count). The maximum absolute atomic E-state index is 13.3. The van der Waals surface area contributed by atoms with E-state index >= 15 is 0 Å². The summed E-state index contributed by atoms with van der Waals surface area (Å²) in [4.78, 5) is 14.4. The zero-order valence-corrected chi connectivity index (χ0v) is 17.5. The van der Waals surface area contributed by atoms with Crippen LogP contribution in [0.2, 0.25) is 5.02 Å². The van der Waals surface area contributed by atoms with Gasteiger partial charge in [0.1, 0.15) is 23.9 Å². The molecule has 6 nitrogen and oxygen atoms in total. The summed E-state index contributed by atoms with van der Waals surface area (Å²) in [5.41, 5.74) is 4.54. The molecule has 2 aromatic carbocycles. The maximum atomic E-state index is 13.3. The van der Waals surface area contributed by atoms with Crippen LogP contribution in [0.1, 0.15) is 22.5 Å². The molecule has 0 aliphatic carbocycles. The van der Waals surface area contributed by atoms with Crippen LogP contribution in [0.5, 0.6) is 5.75 Å². The Morgan fingerprint density at radius 1 is 1.27 bits per heavy atom. The molecule has 2 amide bonds. The van der Waals surface area contributed by atoms with Crippen LogP contribution < -0.4 is 10.1 Å². The zero-order chi connectivity index (χ0) is 21.3. The molecule has 0 fully saturated rings. The first-order chi connectivity index (χ1) is 14.4. The second kappa shape index (κ2) is 8.36. The summed E-state index contributed by atoms with van der Waals surface area (Å²) >= 11 is 5.80. The van der Waals surface area contributed by atoms with Crippen molar-refractivity contribution in [1.82, 2.24) is 14.7 Å². The number of fused-ring (bicyclic) bond motifs is 1. The second-order valence-corrected chi connectivity index (χ2v) is 7.74. The summed E-state index contributed by atoms with van der Waals surface area (Å²) in [5.74, 6) is 0.254. The number of nitrogens with one attached hydrogen (secondary N) is 1. The lowest BCUT2D eigenvalue weighted by molar-refractivity contribution is 0.205. The Hall–Kier alpha value is -3.06. The van der Waals surface area contributed by atoms with Gasteiger partial charge in [-0.15, -0.1) is 0 Å². The predicted molar refractivity (Wildman–Crippen MR) is 113 cm³/mol. The lowest BCUT2D eigenvalue weighted by Crippen LogP contribution is -2.39. The fourth-order valence-electron chi connectivity index (χ4n) is 3.52. The van der Waals surface area contributed by atoms with Crippen molar-refractivity contribution in [1.29, 1.82) is 0 Å². The standard InChI is InChI=1S/C22H22ClFN4O2/c1-14-3-6-16(7-4-14)30-13-20-17-12-28(10-9-21(17)27(2)26-20)22(29)25-15-5-8-19(24)18(23)11-15/h3-8,11H,9-10,12-13H2,1-2H3,(H,25,29). The highest BCUT2D eigenvalue weighted by atomic mass is 35.5. The minimum Gasteiger partial charge on any atom is -0.487 e. The third kappa shape index (κ3) is 4.26. The third-order valence-electron chi connectivity index (χ3n) is 5.18. The van der Waals surface area contributed by atoms with E-state index in [1.165, 1.54) is 23.8 Å². The average Bonchev–Trinajstić information content (AvgIpc) is 3.05. The van der Waals surface area contributed by atoms with E-state index in [2.05, 4.69) is 10.4 Å². The predicted octanol–water partition coefficient (Wildman–Crippen LogP) is 4.69. The van der Waals surface area contributed by atoms with Crippen LogP contribution in [0.15, 0.2) is 42.5 Å². The first-order valence-electron chi connectivity index (χ1n) is 9.65. The van der Waals surface area contributed by atoms with Crippen molar-refractivity contribution in [2.45, 2.75) is 26.5 Å². The van der Waals surface area contributed by atoms with Gasteiger partial charge in [-0.25, -0.2) is 9.18 Å². The molecule has 0 unspecified atom stereocenters. The molecule has 1 aromatic heterocycles. The van der Waals surface area contributed by atoms with Gasteiger partial charge in [0.25, 0.3) is 0 Å². The van der Waals surface area contributed by atoms with E-state index in [4.69, 9.17) is 16.3 Å². The van der Waals surface area contributed by atoms with Gasteiger partial charge in [-0.1, -0.05) is 29.3 Å². The number of urea groups is 1. The number of amides is 2. The monoisotopic (exact) mass is 428 g/mol. The van der Waals surface area contributed by atoms with Crippen LogP contribution in [0.3, 0.4) is 0 Å². The number of hydrogen-bond donors (Lipinski definition) is 1. The molecule has 1 aliphatic heterocycles. The molecule has 2 heterocycles. The smallest absolute Gasteiger partial charge is 0.322 e. The molecule has 0 spiro atoms. The van der Waals surface area contributed by atoms with Crippen molar-refractivity contribution in [2.75, 3.05) is 11.9 Å². The van der Waals surface area contributed by atoms with Crippen LogP contribution in [-0.2, 0) is 26.6 Å². The van der Waals surface area contributed by atoms with Gasteiger partial charge in [-0.2, -0.15) is 5.10 Å². The third-order valence-corrected chi connectivity index (χ3v) is 5.47. The SMILES string of the molecule is Cc1ccc(OCc2nn(C)c3c2CN(C(=O)Nc2ccc(F)c(Cl)c2)CC3)cc1. The van der Waals surface area contributed by atoms with Crippen molar-refractivity contribution < 1.29 is 13.9 Å². The van der Waals surface area contributed by atoms with Gasteiger partial charge in [0.05, 0.1) is 11.6 Å². The van der Waals surface area contributed by atoms with Crippen LogP contribution in [0, 0.1) is 12.7 Å². The summed E-state index contributed by atoms with van der Waals surface area (Å²) in [6, 6.07) is 11.7. The highest BCUT2D eigenvalue weighted by molar-refractivity contribution is 6.31. The molecular formula is C22H22ClFN4O2. The first kappa shape index (κ1) is 20.2. The first-order valence-corrected chi connectivity index (χ1v) is 10.0. The largest absolute Gasteiger partial charge is 0.487 e. The molecule has 0 saturated heterocycles. The Kier molecular flexibility index (Phi) is 5.63. The number of halogens is 2. The fourth-order valence-corrected chi connectivity index (χ4v) is 3.70. The van der Waals surface area contributed by atoms with Crippen molar-refractivity contribution in [2.24, 2.45) is 7.05 Å². The number of anilines is 1. The van der Waals surface area contributed by atoms with Crippen LogP contribution in [-0.4, -0.2) is 27.3 Å². The molecule has 1 N–H and O–H groups in total. The number of aryl methyl sites for hydroxylation is 2. The minimum atomic E-state index is -0.522. The summed E-state index contributed by atoms with van der Waals surface area (Å²) in [6.45, 7) is 3.34. The molecule has 1 aliphatic rings. The summed E-state index contributed by atoms with van der Waals surface area (Å²) < 4.78 is 21.1. The quantitative estimate of drug-likeness (QED) is 0.655. The number of rotatable bonds is 4. The summed E-state index contributed by atoms with van der Waals surface area (Å²) in [5, 5.41) is 7.34. The van der Waals surface area contributed by atoms with Gasteiger partial charge in [0, 0.05) is 37.0 Å². The summed E-state index contributed by atoms with van der Waals surface area (Å²) in [6.07, 6.45) is 0.695. The molecule has 8 heteroatoms. The Bertz CT molecular complexity index is 1080. The Balaban J connectivity index is 1.46. The van der Waals surface area contributed by atoms with E-state index in [-0.39, 0.29) is 11.1 Å². The number of ether oxygens (including phenoxy) is 1. The van der Waals surface area contributed by atoms with Crippen molar-refractivity contribution in [3.8, 4) is 5.75 Å². The topological polar surface area (TPSA) is 59.4 Å². The van der Waals surface area contributed by atoms with Gasteiger partial charge >= 0.3 is 6.03 Å². The lowest BCUT2D eigenvalue weighted by Gasteiger charge is -2.28. The molecular weight excluding hydrogens is 407 g/mol. The molecule has 0 saturated carbocycles. The van der Waals surface area contributed by atoms with E-state index in [0.29, 0.717) is 31.8 Å². The molecule has 0 radical (unpaired) electrons. The van der Waals surface area contributed by atoms with E-state index < -0.39 is 5.82 Å². The molecule has 156 valence electrons. The average molecular weight is 429 g/mol. The van der Waals surface area contributed by atoms with Gasteiger partial charge in [-0.05, 0) is 37.3 Å². The molecule has 0 atom stereocenters. The van der Waals surface area contributed by atoms with Crippen molar-refractivity contribution in [3.63, 3.8) is 0 Å². The van der Waals surface area contributed by atoms with Crippen molar-refractivity contribution >= 4 is 23.3 Å². The van der Waals surface area contributed by atoms with Crippen LogP contribution >= 0.6 is 11.6 Å². The highest BCUT2D eigenvalue weighted by Crippen LogP contribution is 2.25. The van der Waals surface area contributed by atoms with Crippen molar-refractivity contribution in [3.05, 3.63) is 75.8 Å². The van der Waals surface area contributed by atoms with E-state index in [0.717, 1.165) is 22.7 Å². The van der Waals surface area contributed by atoms with E-state index in [9.17, 15) is 9.18 Å². The Morgan fingerprint density at radius 2 is 2.03 bits per heavy atom. The number of carbonyl (C=O) groups is 1. The summed E-state index contributed by atoms with van der Waals surface area (Å²) in [7, 11) is 1.91. The van der Waals surface area contributed by atoms with Gasteiger partial charge in [-0.3, -0.25) is 4.68 Å². The number of hydrogen-bond acceptors (Lipinski definition) is 3. The second-order valence-electron chi connectivity index (χ2n) is 7.33. The van der Waals surface area contributed by atoms with Crippen LogP contribution in [0.4, 0.5) is 14.9 Å². The minimum absolute atomic E-state index is 0.0310. The molecule has 3 aromatic rings. The van der Waals surface area contributed by atoms with E-state index in [1.807, 2.05) is 42.9 Å². The zero-order valence-electron chi connectivity index (χ0n) is 16.8. The Labute approximate surface area is 179 Å². The van der Waals surface area contributed by atoms with Gasteiger partial charge in [0.2, 0.25) is 0 Å². The maximum Gasteiger partial charge on any atom is 0.322 e. The molecule has 0 bridgehead atoms. The number of benzene rings is 2. The van der Waals surface area contributed by atoms with E-state index in [1.54, 1.807) is 4.90 Å². The lowest BCUT2D eigenvalue weighted by atomic mass is 10.1. The molecule has 30 heavy (non-hydrogen) atoms. The number of aromatic nitrogens is 2. The van der Waals surface area contributed by atoms with Crippen LogP contribution in [0.25, 0.3) is 0 Å². The van der Waals surface area contributed by atoms with Gasteiger partial charge in [0.15, 0.2) is 0 Å². The number of carbonyl (C=O) groups excluding carboxylic acids is 1. The number of nitrogens with zero attached hydrogens (tertiary/aromatic N) is 3. The Morgan fingerprint density at radius 3 is 2.77 bits per heavy atom. The normalized spacial score (nSPS) is 13.1. The highest BCUT2D eigenvalue weighted by Gasteiger charge is 2.27. The fraction of sp³-hybridized carbons (Fsp3) is 0.273. The van der Waals surface area contributed by atoms with Gasteiger partial charge < -0.3 is 15.0 Å².